The Morgan fingerprint density at radius 3 is 2.50 bits per heavy atom. The summed E-state index contributed by atoms with van der Waals surface area (Å²) in [6.45, 7) is 5.92. The molecule has 6 nitrogen and oxygen atoms in total. The molecule has 0 aliphatic carbocycles. The van der Waals surface area contributed by atoms with Crippen LogP contribution < -0.4 is 5.32 Å². The van der Waals surface area contributed by atoms with Gasteiger partial charge in [-0.15, -0.1) is 0 Å². The molecule has 0 bridgehead atoms. The molecule has 0 atom stereocenters. The van der Waals surface area contributed by atoms with Gasteiger partial charge in [-0.25, -0.2) is 4.79 Å². The topological polar surface area (TPSA) is 67.6 Å². The number of aryl methyl sites for hydroxylation is 1. The van der Waals surface area contributed by atoms with Crippen LogP contribution in [0.4, 0.5) is 5.88 Å². The summed E-state index contributed by atoms with van der Waals surface area (Å²) < 4.78 is 10.5. The van der Waals surface area contributed by atoms with Crippen molar-refractivity contribution in [2.75, 3.05) is 32.1 Å². The summed E-state index contributed by atoms with van der Waals surface area (Å²) in [5.74, 6) is 0.370. The van der Waals surface area contributed by atoms with Crippen molar-refractivity contribution in [3.05, 3.63) is 70.2 Å². The smallest absolute Gasteiger partial charge is 0.345 e. The van der Waals surface area contributed by atoms with Crippen LogP contribution >= 0.6 is 11.6 Å². The number of ether oxygens (including phenoxy) is 1. The number of likely N-dealkylation sites (tertiary alicyclic amines) is 1. The first-order valence-corrected chi connectivity index (χ1v) is 11.3. The van der Waals surface area contributed by atoms with Gasteiger partial charge in [-0.2, -0.15) is 0 Å². The molecular formula is C25H28ClN3O3. The molecule has 1 N–H and O–H groups in total. The summed E-state index contributed by atoms with van der Waals surface area (Å²) in [5.41, 5.74) is 4.15. The molecule has 0 spiro atoms. The predicted octanol–water partition coefficient (Wildman–Crippen LogP) is 5.41. The molecule has 0 radical (unpaired) electrons. The van der Waals surface area contributed by atoms with Crippen molar-refractivity contribution in [2.24, 2.45) is 5.92 Å². The number of rotatable bonds is 7. The second kappa shape index (κ2) is 10.2. The lowest BCUT2D eigenvalue weighted by atomic mass is 9.96. The van der Waals surface area contributed by atoms with Crippen LogP contribution in [0.3, 0.4) is 0 Å². The Balaban J connectivity index is 1.36. The molecule has 168 valence electrons. The van der Waals surface area contributed by atoms with Gasteiger partial charge in [-0.3, -0.25) is 4.90 Å². The minimum absolute atomic E-state index is 0.312. The first-order chi connectivity index (χ1) is 15.5. The maximum atomic E-state index is 12.5. The van der Waals surface area contributed by atoms with E-state index >= 15 is 0 Å². The highest BCUT2D eigenvalue weighted by molar-refractivity contribution is 6.30. The van der Waals surface area contributed by atoms with Gasteiger partial charge in [-0.1, -0.05) is 58.7 Å². The van der Waals surface area contributed by atoms with E-state index in [-0.39, 0.29) is 0 Å². The van der Waals surface area contributed by atoms with Crippen molar-refractivity contribution < 1.29 is 14.1 Å². The van der Waals surface area contributed by atoms with Crippen LogP contribution in [-0.2, 0) is 11.3 Å². The van der Waals surface area contributed by atoms with Crippen LogP contribution in [-0.4, -0.2) is 42.8 Å². The highest BCUT2D eigenvalue weighted by atomic mass is 35.5. The summed E-state index contributed by atoms with van der Waals surface area (Å²) in [6, 6.07) is 15.9. The molecule has 0 saturated carbocycles. The molecule has 7 heteroatoms. The number of aromatic nitrogens is 1. The number of esters is 1. The Labute approximate surface area is 193 Å². The van der Waals surface area contributed by atoms with Crippen LogP contribution in [0.5, 0.6) is 0 Å². The Kier molecular flexibility index (Phi) is 7.12. The van der Waals surface area contributed by atoms with Crippen molar-refractivity contribution in [1.82, 2.24) is 10.1 Å². The van der Waals surface area contributed by atoms with E-state index in [9.17, 15) is 4.79 Å². The Morgan fingerprint density at radius 1 is 1.16 bits per heavy atom. The zero-order chi connectivity index (χ0) is 22.5. The summed E-state index contributed by atoms with van der Waals surface area (Å²) in [4.78, 5) is 14.9. The Morgan fingerprint density at radius 2 is 1.84 bits per heavy atom. The molecule has 32 heavy (non-hydrogen) atoms. The van der Waals surface area contributed by atoms with E-state index in [2.05, 4.69) is 46.6 Å². The molecule has 1 fully saturated rings. The van der Waals surface area contributed by atoms with E-state index in [4.69, 9.17) is 20.9 Å². The van der Waals surface area contributed by atoms with E-state index < -0.39 is 5.97 Å². The number of nitrogens with one attached hydrogen (secondary N) is 1. The third-order valence-corrected chi connectivity index (χ3v) is 6.24. The monoisotopic (exact) mass is 453 g/mol. The van der Waals surface area contributed by atoms with Gasteiger partial charge in [0.25, 0.3) is 0 Å². The standard InChI is InChI=1S/C25H28ClN3O3/c1-17-3-5-19(6-4-17)16-29-13-11-18(12-14-29)15-27-24-22(25(30)31-2)23(28-32-24)20-7-9-21(26)10-8-20/h3-10,18,27H,11-16H2,1-2H3. The lowest BCUT2D eigenvalue weighted by Crippen LogP contribution is -2.35. The van der Waals surface area contributed by atoms with Gasteiger partial charge < -0.3 is 14.6 Å². The van der Waals surface area contributed by atoms with Crippen molar-refractivity contribution >= 4 is 23.5 Å². The molecule has 1 saturated heterocycles. The van der Waals surface area contributed by atoms with Crippen LogP contribution in [0.1, 0.15) is 34.3 Å². The number of benzene rings is 2. The van der Waals surface area contributed by atoms with Gasteiger partial charge in [0, 0.05) is 23.7 Å². The van der Waals surface area contributed by atoms with Gasteiger partial charge in [0.05, 0.1) is 7.11 Å². The first-order valence-electron chi connectivity index (χ1n) is 10.9. The number of methoxy groups -OCH3 is 1. The number of piperidine rings is 1. The summed E-state index contributed by atoms with van der Waals surface area (Å²) in [6.07, 6.45) is 2.18. The Bertz CT molecular complexity index is 1040. The minimum atomic E-state index is -0.480. The van der Waals surface area contributed by atoms with Crippen molar-refractivity contribution in [3.63, 3.8) is 0 Å². The molecule has 1 aliphatic rings. The lowest BCUT2D eigenvalue weighted by molar-refractivity contribution is 0.0602. The second-order valence-electron chi connectivity index (χ2n) is 8.32. The van der Waals surface area contributed by atoms with Crippen LogP contribution in [0.2, 0.25) is 5.02 Å². The third-order valence-electron chi connectivity index (χ3n) is 5.98. The zero-order valence-corrected chi connectivity index (χ0v) is 19.2. The average Bonchev–Trinajstić information content (AvgIpc) is 3.24. The fourth-order valence-corrected chi connectivity index (χ4v) is 4.17. The number of nitrogens with zero attached hydrogens (tertiary/aromatic N) is 2. The third kappa shape index (κ3) is 5.31. The maximum Gasteiger partial charge on any atom is 0.345 e. The fraction of sp³-hybridized carbons (Fsp3) is 0.360. The van der Waals surface area contributed by atoms with E-state index in [1.165, 1.54) is 18.2 Å². The molecule has 2 aromatic carbocycles. The lowest BCUT2D eigenvalue weighted by Gasteiger charge is -2.32. The highest BCUT2D eigenvalue weighted by Crippen LogP contribution is 2.31. The first kappa shape index (κ1) is 22.4. The molecule has 3 aromatic rings. The number of carbonyl (C=O) groups excluding carboxylic acids is 1. The summed E-state index contributed by atoms with van der Waals surface area (Å²) in [7, 11) is 1.36. The molecule has 0 unspecified atom stereocenters. The van der Waals surface area contributed by atoms with Gasteiger partial charge in [0.15, 0.2) is 5.56 Å². The van der Waals surface area contributed by atoms with E-state index in [1.54, 1.807) is 24.3 Å². The molecule has 1 aliphatic heterocycles. The van der Waals surface area contributed by atoms with Gasteiger partial charge in [-0.05, 0) is 56.5 Å². The molecule has 4 rings (SSSR count). The normalized spacial score (nSPS) is 15.0. The fourth-order valence-electron chi connectivity index (χ4n) is 4.04. The van der Waals surface area contributed by atoms with Crippen LogP contribution in [0.15, 0.2) is 53.1 Å². The maximum absolute atomic E-state index is 12.5. The number of anilines is 1. The van der Waals surface area contributed by atoms with Crippen molar-refractivity contribution in [1.29, 1.82) is 0 Å². The van der Waals surface area contributed by atoms with Gasteiger partial charge in [0.1, 0.15) is 5.69 Å². The van der Waals surface area contributed by atoms with E-state index in [0.29, 0.717) is 28.1 Å². The van der Waals surface area contributed by atoms with E-state index in [1.807, 2.05) is 0 Å². The quantitative estimate of drug-likeness (QED) is 0.482. The number of halogens is 1. The second-order valence-corrected chi connectivity index (χ2v) is 8.76. The summed E-state index contributed by atoms with van der Waals surface area (Å²) >= 11 is 5.98. The molecule has 1 aromatic heterocycles. The number of hydrogen-bond donors (Lipinski definition) is 1. The van der Waals surface area contributed by atoms with Gasteiger partial charge in [0.2, 0.25) is 5.88 Å². The zero-order valence-electron chi connectivity index (χ0n) is 18.4. The van der Waals surface area contributed by atoms with Crippen molar-refractivity contribution in [3.8, 4) is 11.3 Å². The SMILES string of the molecule is COC(=O)c1c(-c2ccc(Cl)cc2)noc1NCC1CCN(Cc2ccc(C)cc2)CC1. The summed E-state index contributed by atoms with van der Waals surface area (Å²) in [5, 5.41) is 8.03. The molecule has 0 amide bonds. The molecule has 2 heterocycles. The average molecular weight is 454 g/mol. The van der Waals surface area contributed by atoms with Crippen LogP contribution in [0, 0.1) is 12.8 Å². The Hall–Kier alpha value is -2.83. The number of hydrogen-bond acceptors (Lipinski definition) is 6. The number of carbonyl (C=O) groups is 1. The van der Waals surface area contributed by atoms with Crippen molar-refractivity contribution in [2.45, 2.75) is 26.3 Å². The van der Waals surface area contributed by atoms with Crippen LogP contribution in [0.25, 0.3) is 11.3 Å². The largest absolute Gasteiger partial charge is 0.465 e. The predicted molar refractivity (Wildman–Crippen MR) is 126 cm³/mol. The minimum Gasteiger partial charge on any atom is -0.465 e. The van der Waals surface area contributed by atoms with E-state index in [0.717, 1.165) is 44.6 Å². The highest BCUT2D eigenvalue weighted by Gasteiger charge is 2.26. The molecular weight excluding hydrogens is 426 g/mol. The van der Waals surface area contributed by atoms with Gasteiger partial charge >= 0.3 is 5.97 Å².